The van der Waals surface area contributed by atoms with Crippen LogP contribution in [0.2, 0.25) is 0 Å². The Labute approximate surface area is 196 Å². The molecule has 1 unspecified atom stereocenters. The van der Waals surface area contributed by atoms with E-state index in [2.05, 4.69) is 33.1 Å². The first kappa shape index (κ1) is 22.1. The zero-order valence-corrected chi connectivity index (χ0v) is 19.9. The highest BCUT2D eigenvalue weighted by Gasteiger charge is 2.31. The lowest BCUT2D eigenvalue weighted by molar-refractivity contribution is -0.122. The fraction of sp³-hybridized carbons (Fsp3) is 0.333. The Morgan fingerprint density at radius 2 is 2.10 bits per heavy atom. The standard InChI is InChI=1S/C24H26BrN3O2S/c1-2-27-12-6-9-19(27)15-26-23(29)16-28-20-10-3-4-11-21(20)31-22(24(28)30)14-17-7-5-8-18(25)13-17/h3-5,7-8,10-11,13-14,19H,2,6,9,12,15-16H2,1H3,(H,26,29). The molecular weight excluding hydrogens is 474 g/mol. The number of hydrogen-bond acceptors (Lipinski definition) is 4. The molecule has 0 aliphatic carbocycles. The van der Waals surface area contributed by atoms with E-state index in [4.69, 9.17) is 0 Å². The molecule has 2 aliphatic rings. The molecule has 5 nitrogen and oxygen atoms in total. The fourth-order valence-corrected chi connectivity index (χ4v) is 5.62. The number of likely N-dealkylation sites (N-methyl/N-ethyl adjacent to an activating group) is 1. The normalized spacial score (nSPS) is 20.2. The van der Waals surface area contributed by atoms with E-state index in [0.717, 1.165) is 40.1 Å². The largest absolute Gasteiger partial charge is 0.353 e. The highest BCUT2D eigenvalue weighted by Crippen LogP contribution is 2.42. The van der Waals surface area contributed by atoms with Crippen LogP contribution in [-0.2, 0) is 9.59 Å². The number of fused-ring (bicyclic) bond motifs is 1. The van der Waals surface area contributed by atoms with Crippen LogP contribution < -0.4 is 10.2 Å². The van der Waals surface area contributed by atoms with E-state index in [1.54, 1.807) is 4.90 Å². The minimum Gasteiger partial charge on any atom is -0.353 e. The molecule has 2 aromatic carbocycles. The van der Waals surface area contributed by atoms with Gasteiger partial charge in [0.2, 0.25) is 5.91 Å². The third-order valence-electron chi connectivity index (χ3n) is 5.72. The van der Waals surface area contributed by atoms with Crippen LogP contribution in [0.25, 0.3) is 6.08 Å². The molecule has 7 heteroatoms. The van der Waals surface area contributed by atoms with Gasteiger partial charge in [0, 0.05) is 22.0 Å². The van der Waals surface area contributed by atoms with Crippen LogP contribution in [0.4, 0.5) is 5.69 Å². The smallest absolute Gasteiger partial charge is 0.265 e. The number of carbonyl (C=O) groups is 2. The first-order valence-electron chi connectivity index (χ1n) is 10.6. The maximum Gasteiger partial charge on any atom is 0.265 e. The van der Waals surface area contributed by atoms with E-state index in [1.165, 1.54) is 18.2 Å². The second kappa shape index (κ2) is 10.0. The van der Waals surface area contributed by atoms with Gasteiger partial charge in [0.05, 0.1) is 10.6 Å². The first-order chi connectivity index (χ1) is 15.0. The average Bonchev–Trinajstić information content (AvgIpc) is 3.23. The van der Waals surface area contributed by atoms with Crippen molar-refractivity contribution >= 4 is 51.3 Å². The van der Waals surface area contributed by atoms with Crippen molar-refractivity contribution < 1.29 is 9.59 Å². The van der Waals surface area contributed by atoms with Gasteiger partial charge in [0.15, 0.2) is 0 Å². The van der Waals surface area contributed by atoms with Gasteiger partial charge in [-0.15, -0.1) is 0 Å². The lowest BCUT2D eigenvalue weighted by Gasteiger charge is -2.30. The van der Waals surface area contributed by atoms with Gasteiger partial charge in [0.1, 0.15) is 6.54 Å². The number of para-hydroxylation sites is 1. The number of nitrogens with zero attached hydrogens (tertiary/aromatic N) is 2. The van der Waals surface area contributed by atoms with E-state index < -0.39 is 0 Å². The number of thioether (sulfide) groups is 1. The van der Waals surface area contributed by atoms with Crippen LogP contribution in [0.3, 0.4) is 0 Å². The number of anilines is 1. The predicted molar refractivity (Wildman–Crippen MR) is 130 cm³/mol. The Hall–Kier alpha value is -2.09. The van der Waals surface area contributed by atoms with Crippen molar-refractivity contribution in [2.24, 2.45) is 0 Å². The molecule has 0 spiro atoms. The molecule has 0 aromatic heterocycles. The molecule has 0 saturated carbocycles. The van der Waals surface area contributed by atoms with Gasteiger partial charge in [-0.25, -0.2) is 0 Å². The zero-order valence-electron chi connectivity index (χ0n) is 17.5. The van der Waals surface area contributed by atoms with E-state index in [-0.39, 0.29) is 18.4 Å². The third-order valence-corrected chi connectivity index (χ3v) is 7.29. The van der Waals surface area contributed by atoms with Crippen LogP contribution in [0.15, 0.2) is 62.8 Å². The molecule has 1 saturated heterocycles. The minimum atomic E-state index is -0.144. The zero-order chi connectivity index (χ0) is 21.8. The van der Waals surface area contributed by atoms with Crippen LogP contribution in [0, 0.1) is 0 Å². The number of rotatable bonds is 6. The number of hydrogen-bond donors (Lipinski definition) is 1. The van der Waals surface area contributed by atoms with Gasteiger partial charge in [-0.3, -0.25) is 19.4 Å². The van der Waals surface area contributed by atoms with Gasteiger partial charge < -0.3 is 5.32 Å². The van der Waals surface area contributed by atoms with E-state index in [1.807, 2.05) is 54.6 Å². The number of halogens is 1. The number of likely N-dealkylation sites (tertiary alicyclic amines) is 1. The maximum absolute atomic E-state index is 13.3. The molecule has 2 aromatic rings. The van der Waals surface area contributed by atoms with Crippen LogP contribution >= 0.6 is 27.7 Å². The van der Waals surface area contributed by atoms with Crippen molar-refractivity contribution in [2.75, 3.05) is 31.1 Å². The van der Waals surface area contributed by atoms with Crippen LogP contribution in [0.5, 0.6) is 0 Å². The molecule has 31 heavy (non-hydrogen) atoms. The van der Waals surface area contributed by atoms with Crippen molar-refractivity contribution in [3.05, 3.63) is 63.5 Å². The summed E-state index contributed by atoms with van der Waals surface area (Å²) in [4.78, 5) is 31.7. The summed E-state index contributed by atoms with van der Waals surface area (Å²) >= 11 is 4.93. The molecule has 2 aliphatic heterocycles. The van der Waals surface area contributed by atoms with Crippen molar-refractivity contribution in [3.63, 3.8) is 0 Å². The fourth-order valence-electron chi connectivity index (χ4n) is 4.14. The summed E-state index contributed by atoms with van der Waals surface area (Å²) in [5, 5.41) is 3.05. The molecule has 1 N–H and O–H groups in total. The molecule has 0 radical (unpaired) electrons. The quantitative estimate of drug-likeness (QED) is 0.593. The summed E-state index contributed by atoms with van der Waals surface area (Å²) < 4.78 is 0.958. The molecule has 162 valence electrons. The van der Waals surface area contributed by atoms with Crippen molar-refractivity contribution in [1.82, 2.24) is 10.2 Å². The van der Waals surface area contributed by atoms with Gasteiger partial charge in [-0.2, -0.15) is 0 Å². The van der Waals surface area contributed by atoms with Gasteiger partial charge in [0.25, 0.3) is 5.91 Å². The Morgan fingerprint density at radius 1 is 1.26 bits per heavy atom. The number of carbonyl (C=O) groups excluding carboxylic acids is 2. The second-order valence-electron chi connectivity index (χ2n) is 7.75. The van der Waals surface area contributed by atoms with Crippen molar-refractivity contribution in [3.8, 4) is 0 Å². The summed E-state index contributed by atoms with van der Waals surface area (Å²) in [7, 11) is 0. The lowest BCUT2D eigenvalue weighted by Crippen LogP contribution is -2.46. The van der Waals surface area contributed by atoms with Gasteiger partial charge >= 0.3 is 0 Å². The molecule has 1 fully saturated rings. The monoisotopic (exact) mass is 499 g/mol. The Balaban J connectivity index is 1.51. The summed E-state index contributed by atoms with van der Waals surface area (Å²) in [6.07, 6.45) is 4.17. The highest BCUT2D eigenvalue weighted by molar-refractivity contribution is 9.10. The van der Waals surface area contributed by atoms with Crippen molar-refractivity contribution in [2.45, 2.75) is 30.7 Å². The molecule has 1 atom stereocenters. The van der Waals surface area contributed by atoms with Gasteiger partial charge in [-0.05, 0) is 61.8 Å². The SMILES string of the molecule is CCN1CCCC1CNC(=O)CN1C(=O)C(=Cc2cccc(Br)c2)Sc2ccccc21. The minimum absolute atomic E-state index is 0.0189. The van der Waals surface area contributed by atoms with E-state index in [9.17, 15) is 9.59 Å². The predicted octanol–water partition coefficient (Wildman–Crippen LogP) is 4.53. The molecule has 2 amide bonds. The average molecular weight is 500 g/mol. The lowest BCUT2D eigenvalue weighted by atomic mass is 10.2. The number of amides is 2. The maximum atomic E-state index is 13.3. The Morgan fingerprint density at radius 3 is 2.90 bits per heavy atom. The molecular formula is C24H26BrN3O2S. The Bertz CT molecular complexity index is 1010. The summed E-state index contributed by atoms with van der Waals surface area (Å²) in [5.41, 5.74) is 1.73. The molecule has 2 heterocycles. The highest BCUT2D eigenvalue weighted by atomic mass is 79.9. The Kier molecular flexibility index (Phi) is 7.15. The summed E-state index contributed by atoms with van der Waals surface area (Å²) in [6.45, 7) is 4.90. The summed E-state index contributed by atoms with van der Waals surface area (Å²) in [5.74, 6) is -0.269. The first-order valence-corrected chi connectivity index (χ1v) is 12.2. The molecule has 0 bridgehead atoms. The second-order valence-corrected chi connectivity index (χ2v) is 9.75. The van der Waals surface area contributed by atoms with Crippen LogP contribution in [0.1, 0.15) is 25.3 Å². The summed E-state index contributed by atoms with van der Waals surface area (Å²) in [6, 6.07) is 16.0. The van der Waals surface area contributed by atoms with E-state index >= 15 is 0 Å². The van der Waals surface area contributed by atoms with E-state index in [0.29, 0.717) is 17.5 Å². The molecule has 4 rings (SSSR count). The topological polar surface area (TPSA) is 52.7 Å². The van der Waals surface area contributed by atoms with Crippen LogP contribution in [-0.4, -0.2) is 48.9 Å². The van der Waals surface area contributed by atoms with Crippen molar-refractivity contribution in [1.29, 1.82) is 0 Å². The number of benzene rings is 2. The van der Waals surface area contributed by atoms with Gasteiger partial charge in [-0.1, -0.05) is 58.9 Å². The third kappa shape index (κ3) is 5.22. The number of nitrogens with one attached hydrogen (secondary N) is 1.